The zero-order valence-electron chi connectivity index (χ0n) is 16.1. The second kappa shape index (κ2) is 7.69. The molecule has 0 unspecified atom stereocenters. The van der Waals surface area contributed by atoms with Crippen molar-refractivity contribution >= 4 is 23.2 Å². The van der Waals surface area contributed by atoms with Gasteiger partial charge in [0, 0.05) is 28.4 Å². The van der Waals surface area contributed by atoms with Crippen LogP contribution in [0.2, 0.25) is 5.02 Å². The number of carbonyl (C=O) groups excluding carboxylic acids is 1. The molecule has 0 spiro atoms. The number of nitrogens with one attached hydrogen (secondary N) is 1. The van der Waals surface area contributed by atoms with Crippen LogP contribution in [0.3, 0.4) is 0 Å². The third kappa shape index (κ3) is 3.27. The van der Waals surface area contributed by atoms with Gasteiger partial charge in [0.25, 0.3) is 5.91 Å². The molecule has 0 aliphatic carbocycles. The summed E-state index contributed by atoms with van der Waals surface area (Å²) >= 11 is 6.38. The van der Waals surface area contributed by atoms with Crippen molar-refractivity contribution < 1.29 is 4.79 Å². The Balaban J connectivity index is 1.75. The summed E-state index contributed by atoms with van der Waals surface area (Å²) < 4.78 is 0. The molecule has 0 saturated carbocycles. The molecule has 3 aromatic rings. The van der Waals surface area contributed by atoms with Crippen LogP contribution in [0.1, 0.15) is 45.7 Å². The number of benzene rings is 3. The van der Waals surface area contributed by atoms with Gasteiger partial charge in [-0.2, -0.15) is 0 Å². The van der Waals surface area contributed by atoms with E-state index in [1.807, 2.05) is 53.4 Å². The van der Waals surface area contributed by atoms with Crippen molar-refractivity contribution in [1.29, 1.82) is 0 Å². The number of nitrogens with zero attached hydrogens (tertiary/aromatic N) is 1. The number of rotatable bonds is 5. The summed E-state index contributed by atoms with van der Waals surface area (Å²) in [7, 11) is 0. The highest BCUT2D eigenvalue weighted by molar-refractivity contribution is 6.31. The molecule has 1 N–H and O–H groups in total. The summed E-state index contributed by atoms with van der Waals surface area (Å²) in [5, 5.41) is 4.34. The van der Waals surface area contributed by atoms with Crippen LogP contribution in [0.5, 0.6) is 0 Å². The molecule has 1 atom stereocenters. The third-order valence-electron chi connectivity index (χ3n) is 5.38. The summed E-state index contributed by atoms with van der Waals surface area (Å²) in [5.41, 5.74) is 6.22. The number of aryl methyl sites for hydroxylation is 2. The van der Waals surface area contributed by atoms with E-state index in [1.54, 1.807) is 0 Å². The average Bonchev–Trinajstić information content (AvgIpc) is 2.97. The number of para-hydroxylation sites is 1. The Hall–Kier alpha value is -2.78. The molecule has 3 aromatic carbocycles. The summed E-state index contributed by atoms with van der Waals surface area (Å²) in [6, 6.07) is 21.8. The number of carbonyl (C=O) groups is 1. The minimum atomic E-state index is -0.230. The smallest absolute Gasteiger partial charge is 0.256 e. The minimum Gasteiger partial charge on any atom is -0.361 e. The quantitative estimate of drug-likeness (QED) is 0.581. The van der Waals surface area contributed by atoms with E-state index in [0.717, 1.165) is 28.8 Å². The molecule has 0 bridgehead atoms. The van der Waals surface area contributed by atoms with Crippen LogP contribution in [-0.4, -0.2) is 10.8 Å². The van der Waals surface area contributed by atoms with Gasteiger partial charge in [-0.3, -0.25) is 4.79 Å². The lowest BCUT2D eigenvalue weighted by molar-refractivity contribution is 0.0728. The van der Waals surface area contributed by atoms with Crippen LogP contribution < -0.4 is 5.32 Å². The van der Waals surface area contributed by atoms with Crippen molar-refractivity contribution in [3.8, 4) is 0 Å². The number of halogens is 1. The van der Waals surface area contributed by atoms with Crippen LogP contribution >= 0.6 is 11.6 Å². The maximum Gasteiger partial charge on any atom is 0.256 e. The third-order valence-corrected chi connectivity index (χ3v) is 5.75. The van der Waals surface area contributed by atoms with Crippen molar-refractivity contribution in [3.63, 3.8) is 0 Å². The number of fused-ring (bicyclic) bond motifs is 1. The zero-order chi connectivity index (χ0) is 19.7. The molecule has 1 heterocycles. The number of amides is 1. The first kappa shape index (κ1) is 18.6. The molecule has 0 saturated heterocycles. The van der Waals surface area contributed by atoms with E-state index >= 15 is 0 Å². The highest BCUT2D eigenvalue weighted by Crippen LogP contribution is 2.37. The Kier molecular flexibility index (Phi) is 5.10. The maximum atomic E-state index is 13.2. The van der Waals surface area contributed by atoms with Gasteiger partial charge in [-0.1, -0.05) is 73.1 Å². The van der Waals surface area contributed by atoms with Gasteiger partial charge in [-0.25, -0.2) is 0 Å². The zero-order valence-corrected chi connectivity index (χ0v) is 16.8. The van der Waals surface area contributed by atoms with E-state index in [2.05, 4.69) is 37.4 Å². The lowest BCUT2D eigenvalue weighted by atomic mass is 10.0. The fraction of sp³-hybridized carbons (Fsp3) is 0.208. The summed E-state index contributed by atoms with van der Waals surface area (Å²) in [5.74, 6) is 0.0275. The monoisotopic (exact) mass is 390 g/mol. The summed E-state index contributed by atoms with van der Waals surface area (Å²) in [4.78, 5) is 15.1. The molecule has 0 fully saturated rings. The first-order valence-electron chi connectivity index (χ1n) is 9.58. The SMILES string of the molecule is CCc1cccc(C)c1N[C@H]1c2ccccc2C(=O)N1Cc1ccccc1Cl. The van der Waals surface area contributed by atoms with Crippen LogP contribution in [0.4, 0.5) is 5.69 Å². The largest absolute Gasteiger partial charge is 0.361 e. The van der Waals surface area contributed by atoms with Crippen molar-refractivity contribution in [3.05, 3.63) is 99.6 Å². The predicted molar refractivity (Wildman–Crippen MR) is 115 cm³/mol. The van der Waals surface area contributed by atoms with Crippen molar-refractivity contribution in [2.24, 2.45) is 0 Å². The summed E-state index contributed by atoms with van der Waals surface area (Å²) in [6.45, 7) is 4.70. The van der Waals surface area contributed by atoms with E-state index in [-0.39, 0.29) is 12.1 Å². The molecular formula is C24H23ClN2O. The minimum absolute atomic E-state index is 0.0275. The Bertz CT molecular complexity index is 1030. The molecule has 1 aliphatic rings. The molecule has 4 rings (SSSR count). The number of hydrogen-bond acceptors (Lipinski definition) is 2. The van der Waals surface area contributed by atoms with Gasteiger partial charge in [0.05, 0.1) is 0 Å². The number of hydrogen-bond donors (Lipinski definition) is 1. The molecule has 142 valence electrons. The van der Waals surface area contributed by atoms with Gasteiger partial charge < -0.3 is 10.2 Å². The van der Waals surface area contributed by atoms with Crippen LogP contribution in [0.15, 0.2) is 66.7 Å². The Morgan fingerprint density at radius 3 is 2.46 bits per heavy atom. The van der Waals surface area contributed by atoms with E-state index in [9.17, 15) is 4.79 Å². The molecule has 0 aromatic heterocycles. The molecule has 28 heavy (non-hydrogen) atoms. The topological polar surface area (TPSA) is 32.3 Å². The normalized spacial score (nSPS) is 15.6. The number of anilines is 1. The first-order chi connectivity index (χ1) is 13.6. The van der Waals surface area contributed by atoms with Gasteiger partial charge >= 0.3 is 0 Å². The molecule has 0 radical (unpaired) electrons. The molecule has 4 heteroatoms. The van der Waals surface area contributed by atoms with Crippen molar-refractivity contribution in [2.45, 2.75) is 33.0 Å². The van der Waals surface area contributed by atoms with E-state index in [4.69, 9.17) is 11.6 Å². The second-order valence-corrected chi connectivity index (χ2v) is 7.53. The van der Waals surface area contributed by atoms with Gasteiger partial charge in [0.1, 0.15) is 6.17 Å². The second-order valence-electron chi connectivity index (χ2n) is 7.12. The predicted octanol–water partition coefficient (Wildman–Crippen LogP) is 5.98. The Morgan fingerprint density at radius 2 is 1.68 bits per heavy atom. The Morgan fingerprint density at radius 1 is 0.964 bits per heavy atom. The van der Waals surface area contributed by atoms with Gasteiger partial charge in [-0.15, -0.1) is 0 Å². The van der Waals surface area contributed by atoms with Crippen LogP contribution in [-0.2, 0) is 13.0 Å². The lowest BCUT2D eigenvalue weighted by Gasteiger charge is -2.29. The molecule has 1 aliphatic heterocycles. The van der Waals surface area contributed by atoms with Crippen LogP contribution in [0.25, 0.3) is 0 Å². The van der Waals surface area contributed by atoms with Gasteiger partial charge in [0.2, 0.25) is 0 Å². The van der Waals surface area contributed by atoms with E-state index in [0.29, 0.717) is 11.6 Å². The molecule has 3 nitrogen and oxygen atoms in total. The molecular weight excluding hydrogens is 368 g/mol. The summed E-state index contributed by atoms with van der Waals surface area (Å²) in [6.07, 6.45) is 0.697. The lowest BCUT2D eigenvalue weighted by Crippen LogP contribution is -2.32. The average molecular weight is 391 g/mol. The highest BCUT2D eigenvalue weighted by atomic mass is 35.5. The fourth-order valence-corrected chi connectivity index (χ4v) is 4.06. The maximum absolute atomic E-state index is 13.2. The highest BCUT2D eigenvalue weighted by Gasteiger charge is 2.37. The van der Waals surface area contributed by atoms with Gasteiger partial charge in [-0.05, 0) is 42.2 Å². The van der Waals surface area contributed by atoms with Crippen molar-refractivity contribution in [1.82, 2.24) is 4.90 Å². The molecule has 1 amide bonds. The first-order valence-corrected chi connectivity index (χ1v) is 9.96. The van der Waals surface area contributed by atoms with Crippen LogP contribution in [0, 0.1) is 6.92 Å². The van der Waals surface area contributed by atoms with E-state index < -0.39 is 0 Å². The Labute approximate surface area is 171 Å². The standard InChI is InChI=1S/C24H23ClN2O/c1-3-17-11-8-9-16(2)22(17)26-23-19-12-5-6-13-20(19)24(28)27(23)15-18-10-4-7-14-21(18)25/h4-14,23,26H,3,15H2,1-2H3/t23-/m1/s1. The van der Waals surface area contributed by atoms with Crippen molar-refractivity contribution in [2.75, 3.05) is 5.32 Å². The van der Waals surface area contributed by atoms with Gasteiger partial charge in [0.15, 0.2) is 0 Å². The van der Waals surface area contributed by atoms with E-state index in [1.165, 1.54) is 11.1 Å². The fourth-order valence-electron chi connectivity index (χ4n) is 3.87.